The number of carboxylic acids is 3. The smallest absolute Gasteiger partial charge is 0.480 e. The molecule has 6 fully saturated rings. The maximum Gasteiger partial charge on any atom is 0.504 e. The lowest BCUT2D eigenvalue weighted by molar-refractivity contribution is -0.143. The van der Waals surface area contributed by atoms with Gasteiger partial charge < -0.3 is 137 Å². The molecule has 6 heterocycles. The lowest BCUT2D eigenvalue weighted by Crippen LogP contribution is -2.51. The highest BCUT2D eigenvalue weighted by molar-refractivity contribution is 8.00. The fourth-order valence-electron chi connectivity index (χ4n) is 14.0. The van der Waals surface area contributed by atoms with Gasteiger partial charge in [-0.3, -0.25) is 43.7 Å². The van der Waals surface area contributed by atoms with Crippen molar-refractivity contribution in [1.82, 2.24) is 79.8 Å². The van der Waals surface area contributed by atoms with Gasteiger partial charge in [-0.2, -0.15) is 35.3 Å². The van der Waals surface area contributed by atoms with Crippen LogP contribution in [0.1, 0.15) is 162 Å². The van der Waals surface area contributed by atoms with E-state index in [1.54, 1.807) is 30.0 Å². The Morgan fingerprint density at radius 3 is 1.03 bits per heavy atom. The number of unbranched alkanes of at least 4 members (excludes halogenated alkanes) is 3. The van der Waals surface area contributed by atoms with Crippen molar-refractivity contribution in [3.8, 4) is 0 Å². The van der Waals surface area contributed by atoms with E-state index in [9.17, 15) is 82.4 Å². The number of hydrogen-bond acceptors (Lipinski definition) is 26. The molecule has 7 rings (SSSR count). The average Bonchev–Trinajstić information content (AvgIpc) is 1.61. The number of amides is 14. The molecule has 0 bridgehead atoms. The first-order valence-corrected chi connectivity index (χ1v) is 46.6. The molecule has 0 aromatic heterocycles. The highest BCUT2D eigenvalue weighted by atomic mass is 32.2. The van der Waals surface area contributed by atoms with Crippen LogP contribution in [0.4, 0.5) is 14.4 Å². The topological polar surface area (TPSA) is 568 Å². The summed E-state index contributed by atoms with van der Waals surface area (Å²) in [5.41, 5.74) is 1.51. The first kappa shape index (κ1) is 106. The number of hydrogen-bond donors (Lipinski definition) is 18. The van der Waals surface area contributed by atoms with Gasteiger partial charge in [0.25, 0.3) is 11.8 Å². The van der Waals surface area contributed by atoms with Crippen molar-refractivity contribution >= 4 is 119 Å². The molecule has 0 spiro atoms. The molecule has 19 N–H and O–H groups in total. The van der Waals surface area contributed by atoms with E-state index in [2.05, 4.69) is 79.8 Å². The third-order valence-corrected chi connectivity index (χ3v) is 24.9. The Morgan fingerprint density at radius 2 is 0.696 bits per heavy atom. The predicted molar refractivity (Wildman–Crippen MR) is 465 cm³/mol. The molecule has 41 nitrogen and oxygen atoms in total. The molecule has 6 aliphatic rings. The zero-order valence-electron chi connectivity index (χ0n) is 71.9. The van der Waals surface area contributed by atoms with E-state index in [1.807, 2.05) is 30.4 Å². The first-order valence-electron chi connectivity index (χ1n) is 43.5. The second-order valence-corrected chi connectivity index (χ2v) is 34.5. The van der Waals surface area contributed by atoms with Crippen LogP contribution in [-0.2, 0) is 81.0 Å². The molecule has 1 aromatic rings. The molecule has 1 aromatic carbocycles. The summed E-state index contributed by atoms with van der Waals surface area (Å²) < 4.78 is 49.6. The number of carboxylic acid groups (broad SMARTS) is 3. The summed E-state index contributed by atoms with van der Waals surface area (Å²) in [6, 6.07) is 2.88. The number of benzene rings is 1. The van der Waals surface area contributed by atoms with Crippen molar-refractivity contribution in [3.63, 3.8) is 0 Å². The Morgan fingerprint density at radius 1 is 0.384 bits per heavy atom. The summed E-state index contributed by atoms with van der Waals surface area (Å²) >= 11 is 5.43. The van der Waals surface area contributed by atoms with Crippen LogP contribution >= 0.6 is 35.3 Å². The van der Waals surface area contributed by atoms with Crippen molar-refractivity contribution in [3.05, 3.63) is 34.9 Å². The Hall–Kier alpha value is -8.15. The molecule has 12 atom stereocenters. The van der Waals surface area contributed by atoms with E-state index in [-0.39, 0.29) is 128 Å². The number of nitrogens with one attached hydrogen (secondary N) is 15. The number of rotatable bonds is 70. The lowest BCUT2D eigenvalue weighted by Gasteiger charge is -2.17. The Labute approximate surface area is 742 Å². The van der Waals surface area contributed by atoms with Gasteiger partial charge in [-0.15, -0.1) is 0 Å². The minimum Gasteiger partial charge on any atom is -0.480 e. The van der Waals surface area contributed by atoms with Crippen LogP contribution in [0.2, 0.25) is 0 Å². The van der Waals surface area contributed by atoms with Gasteiger partial charge in [-0.25, -0.2) is 24.0 Å². The molecule has 44 heteroatoms. The molecule has 125 heavy (non-hydrogen) atoms. The molecule has 0 radical (unpaired) electrons. The highest BCUT2D eigenvalue weighted by Gasteiger charge is 2.45. The molecule has 0 saturated carbocycles. The Bertz CT molecular complexity index is 3500. The summed E-state index contributed by atoms with van der Waals surface area (Å²) in [5.74, 6) is -3.54. The summed E-state index contributed by atoms with van der Waals surface area (Å²) in [6.07, 6.45) is 8.95. The number of aliphatic hydroxyl groups excluding tert-OH is 1. The SMILES string of the molecule is CC(=O)NCCCOCCOCCOCCCNC(=O)CC(NC(=O)CCCCC1SCC2NC(=O)NC21)C(O)=[OH+].Cc1cc(C(=O)NCCCOCCOCCOCCCNC(=O)CC(NC(=O)CCCCC2SCC3NC(=O)NC32)C(=O)O)cc(C(=O)NCCCOCCOCCOCCCNC(NC(=O)CCCCC2SCC3NC(=O)NC32)C(=O)O)c1. The van der Waals surface area contributed by atoms with Crippen molar-refractivity contribution < 1.29 is 125 Å². The maximum atomic E-state index is 12.9. The third-order valence-electron chi connectivity index (χ3n) is 20.4. The molecule has 0 aliphatic carbocycles. The van der Waals surface area contributed by atoms with Gasteiger partial charge in [0.1, 0.15) is 6.04 Å². The summed E-state index contributed by atoms with van der Waals surface area (Å²) in [7, 11) is 0. The van der Waals surface area contributed by atoms with Crippen LogP contribution in [0, 0.1) is 6.92 Å². The number of fused-ring (bicyclic) bond motifs is 3. The summed E-state index contributed by atoms with van der Waals surface area (Å²) in [6.45, 7) is 12.6. The second kappa shape index (κ2) is 62.9. The highest BCUT2D eigenvalue weighted by Crippen LogP contribution is 2.36. The van der Waals surface area contributed by atoms with Crippen LogP contribution in [0.25, 0.3) is 0 Å². The Kier molecular flexibility index (Phi) is 53.2. The van der Waals surface area contributed by atoms with Crippen molar-refractivity contribution in [2.45, 2.75) is 213 Å². The van der Waals surface area contributed by atoms with Gasteiger partial charge in [0, 0.05) is 143 Å². The summed E-state index contributed by atoms with van der Waals surface area (Å²) in [5, 5.41) is 71.2. The standard InChI is InChI=1S/C55H88N10O17S2.C26H45N5O9S/c1-36-30-37(50(69)58-16-8-20-79-24-28-81-26-22-77-18-6-14-56-46(68)33-39(52(71)72)60-44(66)12-4-2-10-42-47-40(34-83-42)61-54(75)64-47)32-38(31-36)51(70)59-17-9-21-80-25-29-82-27-23-78-19-7-15-57-49(53(73)74)63-45(67)13-5-3-11-43-48-41(35-84-43)62-55(76)65-48;1-18(32)27-8-4-10-38-12-14-40-15-13-39-11-5-9-28-23(34)16-19(25(35)36)29-22(33)7-3-2-6-21-24-20(17-41-21)30-26(37)31-24/h30-32,39-43,47-49,57H,2-29,33-35H2,1H3,(H,56,68)(H,58,69)(H,59,70)(H,60,66)(H,63,67)(H,71,72)(H,73,74)(H2,61,64,75)(H2,62,65,76);19-21,24H,2-17H2,1H3,(H,27,32)(H,28,34)(H,29,33)(H,35,36)(H2,30,31,37)/p+1. The van der Waals surface area contributed by atoms with E-state index in [0.29, 0.717) is 225 Å². The van der Waals surface area contributed by atoms with E-state index in [4.69, 9.17) is 42.6 Å². The van der Waals surface area contributed by atoms with Gasteiger partial charge in [-0.05, 0) is 114 Å². The molecular weight excluding hydrogens is 1700 g/mol. The van der Waals surface area contributed by atoms with Gasteiger partial charge >= 0.3 is 36.0 Å². The van der Waals surface area contributed by atoms with E-state index in [1.165, 1.54) is 6.92 Å². The average molecular weight is 1830 g/mol. The van der Waals surface area contributed by atoms with Gasteiger partial charge in [0.05, 0.1) is 128 Å². The first-order chi connectivity index (χ1) is 60.4. The number of aliphatic carboxylic acids is 3. The largest absolute Gasteiger partial charge is 0.504 e. The number of thioether (sulfide) groups is 3. The Balaban J connectivity index is 0.000000491. The molecule has 6 aliphatic heterocycles. The number of carbonyl (C=O) groups is 13. The zero-order chi connectivity index (χ0) is 90.2. The molecular formula is C81H134N15O26S3+. The van der Waals surface area contributed by atoms with Crippen LogP contribution in [0.5, 0.6) is 0 Å². The van der Waals surface area contributed by atoms with Crippen LogP contribution in [0.15, 0.2) is 18.2 Å². The summed E-state index contributed by atoms with van der Waals surface area (Å²) in [4.78, 5) is 166. The molecule has 706 valence electrons. The molecule has 12 unspecified atom stereocenters. The third kappa shape index (κ3) is 45.4. The minimum atomic E-state index is -1.33. The monoisotopic (exact) mass is 1830 g/mol. The molecule has 6 saturated heterocycles. The van der Waals surface area contributed by atoms with Crippen LogP contribution < -0.4 is 79.8 Å². The maximum absolute atomic E-state index is 12.9. The van der Waals surface area contributed by atoms with Crippen LogP contribution in [-0.4, -0.2) is 349 Å². The van der Waals surface area contributed by atoms with Crippen LogP contribution in [0.3, 0.4) is 0 Å². The zero-order valence-corrected chi connectivity index (χ0v) is 74.3. The predicted octanol–water partition coefficient (Wildman–Crippen LogP) is 0.488. The minimum absolute atomic E-state index is 0.0538. The molecule has 14 amide bonds. The fourth-order valence-corrected chi connectivity index (χ4v) is 18.6. The fraction of sp³-hybridized carbons (Fsp3) is 0.753. The lowest BCUT2D eigenvalue weighted by atomic mass is 10.0. The van der Waals surface area contributed by atoms with E-state index < -0.39 is 53.9 Å². The quantitative estimate of drug-likeness (QED) is 0.0183. The van der Waals surface area contributed by atoms with Crippen molar-refractivity contribution in [2.24, 2.45) is 0 Å². The second-order valence-electron chi connectivity index (χ2n) is 30.7. The van der Waals surface area contributed by atoms with E-state index in [0.717, 1.165) is 67.8 Å². The van der Waals surface area contributed by atoms with Gasteiger partial charge in [-0.1, -0.05) is 19.3 Å². The van der Waals surface area contributed by atoms with Crippen molar-refractivity contribution in [2.75, 3.05) is 175 Å². The van der Waals surface area contributed by atoms with E-state index >= 15 is 0 Å². The normalized spacial score (nSPS) is 20.1. The number of carbonyl (C=O) groups excluding carboxylic acids is 11. The van der Waals surface area contributed by atoms with Gasteiger partial charge in [0.15, 0.2) is 12.2 Å². The van der Waals surface area contributed by atoms with Gasteiger partial charge in [0.2, 0.25) is 35.4 Å². The number of urea groups is 3. The number of aryl methyl sites for hydroxylation is 1. The number of ether oxygens (including phenoxy) is 9. The van der Waals surface area contributed by atoms with Crippen molar-refractivity contribution in [1.29, 1.82) is 0 Å².